The summed E-state index contributed by atoms with van der Waals surface area (Å²) in [5.74, 6) is 0. The molecular weight excluding hydrogens is 288 g/mol. The average Bonchev–Trinajstić information content (AvgIpc) is 2.91. The van der Waals surface area contributed by atoms with Crippen LogP contribution in [0.15, 0.2) is 23.0 Å². The summed E-state index contributed by atoms with van der Waals surface area (Å²) in [7, 11) is -3.13. The average molecular weight is 312 g/mol. The van der Waals surface area contributed by atoms with Crippen LogP contribution in [0, 0.1) is 0 Å². The van der Waals surface area contributed by atoms with E-state index in [4.69, 9.17) is 4.42 Å². The standard InChI is InChI=1S/C15H24N2O3S/c1-21(18,19)17-9-3-2-6-15(17)7-4-8-16(13-15)11-14-5-10-20-12-14/h5,10,12H,2-4,6-9,11,13H2,1H3/t15-/m1/s1. The number of piperidine rings is 2. The molecule has 1 spiro atoms. The van der Waals surface area contributed by atoms with Crippen molar-refractivity contribution in [2.24, 2.45) is 0 Å². The molecule has 0 bridgehead atoms. The molecule has 2 fully saturated rings. The van der Waals surface area contributed by atoms with Gasteiger partial charge in [0.15, 0.2) is 0 Å². The smallest absolute Gasteiger partial charge is 0.211 e. The van der Waals surface area contributed by atoms with E-state index >= 15 is 0 Å². The molecular formula is C15H24N2O3S. The number of hydrogen-bond acceptors (Lipinski definition) is 4. The molecule has 1 aromatic rings. The van der Waals surface area contributed by atoms with Gasteiger partial charge in [-0.3, -0.25) is 4.90 Å². The summed E-state index contributed by atoms with van der Waals surface area (Å²) in [6.45, 7) is 3.39. The van der Waals surface area contributed by atoms with E-state index in [0.29, 0.717) is 6.54 Å². The van der Waals surface area contributed by atoms with Crippen LogP contribution in [0.25, 0.3) is 0 Å². The van der Waals surface area contributed by atoms with Crippen molar-refractivity contribution in [3.63, 3.8) is 0 Å². The Morgan fingerprint density at radius 3 is 2.76 bits per heavy atom. The number of sulfonamides is 1. The van der Waals surface area contributed by atoms with Gasteiger partial charge in [-0.15, -0.1) is 0 Å². The molecule has 118 valence electrons. The molecule has 0 unspecified atom stereocenters. The Morgan fingerprint density at radius 1 is 1.24 bits per heavy atom. The van der Waals surface area contributed by atoms with E-state index in [2.05, 4.69) is 4.90 Å². The molecule has 2 saturated heterocycles. The second kappa shape index (κ2) is 5.74. The van der Waals surface area contributed by atoms with Crippen molar-refractivity contribution in [2.75, 3.05) is 25.9 Å². The van der Waals surface area contributed by atoms with E-state index in [9.17, 15) is 8.42 Å². The maximum Gasteiger partial charge on any atom is 0.211 e. The summed E-state index contributed by atoms with van der Waals surface area (Å²) < 4.78 is 31.3. The third kappa shape index (κ3) is 3.17. The fourth-order valence-corrected chi connectivity index (χ4v) is 5.38. The first-order valence-corrected chi connectivity index (χ1v) is 9.56. The van der Waals surface area contributed by atoms with Crippen molar-refractivity contribution in [1.82, 2.24) is 9.21 Å². The molecule has 2 aliphatic rings. The molecule has 0 aliphatic carbocycles. The highest BCUT2D eigenvalue weighted by Gasteiger charge is 2.45. The third-order valence-corrected chi connectivity index (χ3v) is 6.17. The summed E-state index contributed by atoms with van der Waals surface area (Å²) in [5.41, 5.74) is 0.974. The molecule has 5 nitrogen and oxygen atoms in total. The van der Waals surface area contributed by atoms with Gasteiger partial charge in [0.05, 0.1) is 18.8 Å². The highest BCUT2D eigenvalue weighted by atomic mass is 32.2. The Labute approximate surface area is 127 Å². The minimum Gasteiger partial charge on any atom is -0.472 e. The van der Waals surface area contributed by atoms with Crippen LogP contribution in [-0.4, -0.2) is 49.1 Å². The molecule has 2 aliphatic heterocycles. The van der Waals surface area contributed by atoms with Gasteiger partial charge >= 0.3 is 0 Å². The Bertz CT molecular complexity index is 566. The van der Waals surface area contributed by atoms with Crippen molar-refractivity contribution >= 4 is 10.0 Å². The number of hydrogen-bond donors (Lipinski definition) is 0. The van der Waals surface area contributed by atoms with Gasteiger partial charge in [0.25, 0.3) is 0 Å². The third-order valence-electron chi connectivity index (χ3n) is 4.80. The van der Waals surface area contributed by atoms with Crippen LogP contribution < -0.4 is 0 Å². The van der Waals surface area contributed by atoms with Crippen LogP contribution in [0.3, 0.4) is 0 Å². The van der Waals surface area contributed by atoms with Crippen LogP contribution >= 0.6 is 0 Å². The van der Waals surface area contributed by atoms with Crippen LogP contribution in [0.5, 0.6) is 0 Å². The van der Waals surface area contributed by atoms with Crippen LogP contribution in [0.1, 0.15) is 37.7 Å². The van der Waals surface area contributed by atoms with Gasteiger partial charge < -0.3 is 4.42 Å². The lowest BCUT2D eigenvalue weighted by molar-refractivity contribution is 0.0336. The molecule has 0 radical (unpaired) electrons. The van der Waals surface area contributed by atoms with Gasteiger partial charge in [0.1, 0.15) is 0 Å². The molecule has 3 heterocycles. The summed E-state index contributed by atoms with van der Waals surface area (Å²) >= 11 is 0. The van der Waals surface area contributed by atoms with Gasteiger partial charge in [-0.2, -0.15) is 4.31 Å². The Balaban J connectivity index is 1.79. The van der Waals surface area contributed by atoms with Gasteiger partial charge in [-0.05, 0) is 38.3 Å². The topological polar surface area (TPSA) is 53.8 Å². The maximum absolute atomic E-state index is 12.2. The minimum atomic E-state index is -3.13. The van der Waals surface area contributed by atoms with Gasteiger partial charge in [-0.1, -0.05) is 6.42 Å². The number of likely N-dealkylation sites (tertiary alicyclic amines) is 1. The van der Waals surface area contributed by atoms with E-state index in [0.717, 1.165) is 57.3 Å². The summed E-state index contributed by atoms with van der Waals surface area (Å²) in [6.07, 6.45) is 9.97. The predicted molar refractivity (Wildman–Crippen MR) is 81.4 cm³/mol. The number of nitrogens with zero attached hydrogens (tertiary/aromatic N) is 2. The molecule has 6 heteroatoms. The molecule has 1 aromatic heterocycles. The molecule has 21 heavy (non-hydrogen) atoms. The first kappa shape index (κ1) is 15.1. The van der Waals surface area contributed by atoms with Crippen molar-refractivity contribution in [2.45, 2.75) is 44.2 Å². The molecule has 3 rings (SSSR count). The second-order valence-corrected chi connectivity index (χ2v) is 8.37. The van der Waals surface area contributed by atoms with E-state index in [-0.39, 0.29) is 5.54 Å². The van der Waals surface area contributed by atoms with E-state index in [1.807, 2.05) is 6.07 Å². The summed E-state index contributed by atoms with van der Waals surface area (Å²) in [6, 6.07) is 1.98. The maximum atomic E-state index is 12.2. The van der Waals surface area contributed by atoms with Gasteiger partial charge in [0, 0.05) is 30.7 Å². The van der Waals surface area contributed by atoms with E-state index < -0.39 is 10.0 Å². The van der Waals surface area contributed by atoms with Crippen molar-refractivity contribution in [3.8, 4) is 0 Å². The second-order valence-electron chi connectivity index (χ2n) is 6.46. The van der Waals surface area contributed by atoms with Gasteiger partial charge in [0.2, 0.25) is 10.0 Å². The van der Waals surface area contributed by atoms with E-state index in [1.54, 1.807) is 16.8 Å². The van der Waals surface area contributed by atoms with Crippen molar-refractivity contribution in [3.05, 3.63) is 24.2 Å². The Morgan fingerprint density at radius 2 is 2.05 bits per heavy atom. The molecule has 0 saturated carbocycles. The molecule has 0 aromatic carbocycles. The molecule has 0 N–H and O–H groups in total. The van der Waals surface area contributed by atoms with Crippen molar-refractivity contribution in [1.29, 1.82) is 0 Å². The SMILES string of the molecule is CS(=O)(=O)N1CCCC[C@]12CCCN(Cc1ccoc1)C2. The fourth-order valence-electron chi connectivity index (χ4n) is 3.98. The first-order chi connectivity index (χ1) is 10.00. The Hall–Kier alpha value is -0.850. The lowest BCUT2D eigenvalue weighted by Gasteiger charge is -2.51. The van der Waals surface area contributed by atoms with Crippen molar-refractivity contribution < 1.29 is 12.8 Å². The van der Waals surface area contributed by atoms with Gasteiger partial charge in [-0.25, -0.2) is 8.42 Å². The molecule has 0 amide bonds. The molecule has 1 atom stereocenters. The monoisotopic (exact) mass is 312 g/mol. The summed E-state index contributed by atoms with van der Waals surface area (Å²) in [4.78, 5) is 2.37. The van der Waals surface area contributed by atoms with Crippen LogP contribution in [0.4, 0.5) is 0 Å². The predicted octanol–water partition coefficient (Wildman–Crippen LogP) is 2.06. The summed E-state index contributed by atoms with van der Waals surface area (Å²) in [5, 5.41) is 0. The quantitative estimate of drug-likeness (QED) is 0.857. The zero-order valence-corrected chi connectivity index (χ0v) is 13.4. The zero-order chi connectivity index (χ0) is 14.9. The lowest BCUT2D eigenvalue weighted by Crippen LogP contribution is -2.61. The zero-order valence-electron chi connectivity index (χ0n) is 12.6. The number of rotatable bonds is 3. The fraction of sp³-hybridized carbons (Fsp3) is 0.733. The first-order valence-electron chi connectivity index (χ1n) is 7.71. The minimum absolute atomic E-state index is 0.187. The lowest BCUT2D eigenvalue weighted by atomic mass is 9.81. The van der Waals surface area contributed by atoms with Crippen LogP contribution in [-0.2, 0) is 16.6 Å². The normalized spacial score (nSPS) is 29.0. The largest absolute Gasteiger partial charge is 0.472 e. The van der Waals surface area contributed by atoms with Crippen LogP contribution in [0.2, 0.25) is 0 Å². The van der Waals surface area contributed by atoms with E-state index in [1.165, 1.54) is 6.26 Å². The Kier molecular flexibility index (Phi) is 4.12. The highest BCUT2D eigenvalue weighted by Crippen LogP contribution is 2.38. The number of furan rings is 1. The highest BCUT2D eigenvalue weighted by molar-refractivity contribution is 7.88.